The van der Waals surface area contributed by atoms with E-state index in [1.807, 2.05) is 0 Å². The molecule has 0 amide bonds. The summed E-state index contributed by atoms with van der Waals surface area (Å²) in [6, 6.07) is 0. The van der Waals surface area contributed by atoms with Gasteiger partial charge in [0.2, 0.25) is 0 Å². The quantitative estimate of drug-likeness (QED) is 0.0345. The first-order valence-corrected chi connectivity index (χ1v) is 26.3. The third-order valence-corrected chi connectivity index (χ3v) is 12.3. The molecule has 0 radical (unpaired) electrons. The first-order valence-electron chi connectivity index (χ1n) is 26.3. The van der Waals surface area contributed by atoms with Crippen LogP contribution in [0.4, 0.5) is 0 Å². The van der Waals surface area contributed by atoms with Crippen molar-refractivity contribution in [1.29, 1.82) is 0 Å². The molecule has 2 atom stereocenters. The molecule has 0 N–H and O–H groups in total. The molecule has 0 aromatic rings. The molecule has 0 aromatic heterocycles. The highest BCUT2D eigenvalue weighted by molar-refractivity contribution is 5.71. The number of rotatable bonds is 47. The van der Waals surface area contributed by atoms with Gasteiger partial charge in [-0.2, -0.15) is 0 Å². The lowest BCUT2D eigenvalue weighted by molar-refractivity contribution is -0.167. The standard InChI is InChI=1S/C53H102O6/c1-6-8-9-10-11-12-17-23-28-33-38-43-51(54)57-46-50(59-53(56)45-40-35-30-25-20-21-26-31-36-41-48(3)4)47-58-52(55)44-39-34-29-24-19-16-14-13-15-18-22-27-32-37-42-49(5)7-2/h48-50H,6-47H2,1-5H3/t49?,50-/m0/s1. The van der Waals surface area contributed by atoms with Gasteiger partial charge in [-0.3, -0.25) is 14.4 Å². The van der Waals surface area contributed by atoms with Crippen LogP contribution in [0.15, 0.2) is 0 Å². The molecule has 59 heavy (non-hydrogen) atoms. The molecule has 0 saturated carbocycles. The molecule has 0 rings (SSSR count). The van der Waals surface area contributed by atoms with Gasteiger partial charge >= 0.3 is 17.9 Å². The Kier molecular flexibility index (Phi) is 44.7. The fraction of sp³-hybridized carbons (Fsp3) is 0.943. The highest BCUT2D eigenvalue weighted by Crippen LogP contribution is 2.18. The molecule has 1 unspecified atom stereocenters. The predicted octanol–water partition coefficient (Wildman–Crippen LogP) is 16.9. The molecule has 0 heterocycles. The zero-order valence-corrected chi connectivity index (χ0v) is 40.4. The molecular weight excluding hydrogens is 733 g/mol. The van der Waals surface area contributed by atoms with Gasteiger partial charge in [0.25, 0.3) is 0 Å². The summed E-state index contributed by atoms with van der Waals surface area (Å²) >= 11 is 0. The zero-order valence-electron chi connectivity index (χ0n) is 40.4. The molecule has 0 fully saturated rings. The number of esters is 3. The van der Waals surface area contributed by atoms with Gasteiger partial charge in [-0.15, -0.1) is 0 Å². The minimum atomic E-state index is -0.761. The van der Waals surface area contributed by atoms with E-state index in [-0.39, 0.29) is 31.1 Å². The molecule has 0 saturated heterocycles. The molecule has 6 heteroatoms. The number of hydrogen-bond acceptors (Lipinski definition) is 6. The van der Waals surface area contributed by atoms with Crippen LogP contribution in [0.3, 0.4) is 0 Å². The van der Waals surface area contributed by atoms with Crippen LogP contribution in [0, 0.1) is 11.8 Å². The van der Waals surface area contributed by atoms with Gasteiger partial charge in [0, 0.05) is 19.3 Å². The fourth-order valence-corrected chi connectivity index (χ4v) is 7.96. The van der Waals surface area contributed by atoms with Gasteiger partial charge in [0.05, 0.1) is 0 Å². The van der Waals surface area contributed by atoms with Gasteiger partial charge in [0.1, 0.15) is 13.2 Å². The Balaban J connectivity index is 4.27. The van der Waals surface area contributed by atoms with Crippen LogP contribution in [0.25, 0.3) is 0 Å². The summed E-state index contributed by atoms with van der Waals surface area (Å²) in [7, 11) is 0. The number of hydrogen-bond donors (Lipinski definition) is 0. The highest BCUT2D eigenvalue weighted by atomic mass is 16.6. The number of ether oxygens (including phenoxy) is 3. The van der Waals surface area contributed by atoms with Crippen molar-refractivity contribution in [2.75, 3.05) is 13.2 Å². The van der Waals surface area contributed by atoms with E-state index in [4.69, 9.17) is 14.2 Å². The Bertz CT molecular complexity index is 902. The topological polar surface area (TPSA) is 78.9 Å². The fourth-order valence-electron chi connectivity index (χ4n) is 7.96. The second kappa shape index (κ2) is 45.9. The van der Waals surface area contributed by atoms with E-state index in [0.29, 0.717) is 19.3 Å². The first-order chi connectivity index (χ1) is 28.8. The third-order valence-electron chi connectivity index (χ3n) is 12.3. The van der Waals surface area contributed by atoms with E-state index >= 15 is 0 Å². The maximum absolute atomic E-state index is 12.8. The van der Waals surface area contributed by atoms with E-state index in [0.717, 1.165) is 69.6 Å². The van der Waals surface area contributed by atoms with Gasteiger partial charge in [-0.1, -0.05) is 253 Å². The largest absolute Gasteiger partial charge is 0.462 e. The zero-order chi connectivity index (χ0) is 43.3. The van der Waals surface area contributed by atoms with Crippen molar-refractivity contribution in [2.24, 2.45) is 11.8 Å². The summed E-state index contributed by atoms with van der Waals surface area (Å²) in [5, 5.41) is 0. The molecular formula is C53H102O6. The lowest BCUT2D eigenvalue weighted by Gasteiger charge is -2.18. The average molecular weight is 835 g/mol. The van der Waals surface area contributed by atoms with Crippen LogP contribution in [0.5, 0.6) is 0 Å². The van der Waals surface area contributed by atoms with E-state index in [1.165, 1.54) is 180 Å². The summed E-state index contributed by atoms with van der Waals surface area (Å²) in [6.45, 7) is 11.4. The van der Waals surface area contributed by atoms with Gasteiger partial charge in [0.15, 0.2) is 6.10 Å². The Labute approximate surface area is 368 Å². The van der Waals surface area contributed by atoms with E-state index in [1.54, 1.807) is 0 Å². The third kappa shape index (κ3) is 45.8. The van der Waals surface area contributed by atoms with Gasteiger partial charge < -0.3 is 14.2 Å². The van der Waals surface area contributed by atoms with Crippen molar-refractivity contribution in [3.05, 3.63) is 0 Å². The minimum Gasteiger partial charge on any atom is -0.462 e. The molecule has 0 aliphatic heterocycles. The van der Waals surface area contributed by atoms with Gasteiger partial charge in [-0.05, 0) is 31.1 Å². The van der Waals surface area contributed by atoms with Crippen LogP contribution < -0.4 is 0 Å². The maximum Gasteiger partial charge on any atom is 0.306 e. The molecule has 0 aliphatic carbocycles. The van der Waals surface area contributed by atoms with Crippen LogP contribution >= 0.6 is 0 Å². The lowest BCUT2D eigenvalue weighted by atomic mass is 9.99. The minimum absolute atomic E-state index is 0.0638. The molecule has 0 bridgehead atoms. The Hall–Kier alpha value is -1.59. The monoisotopic (exact) mass is 835 g/mol. The van der Waals surface area contributed by atoms with Crippen molar-refractivity contribution in [1.82, 2.24) is 0 Å². The van der Waals surface area contributed by atoms with Crippen molar-refractivity contribution >= 4 is 17.9 Å². The van der Waals surface area contributed by atoms with Crippen LogP contribution in [0.2, 0.25) is 0 Å². The molecule has 6 nitrogen and oxygen atoms in total. The molecule has 350 valence electrons. The molecule has 0 aromatic carbocycles. The smallest absolute Gasteiger partial charge is 0.306 e. The summed E-state index contributed by atoms with van der Waals surface area (Å²) in [4.78, 5) is 37.9. The van der Waals surface area contributed by atoms with Crippen LogP contribution in [0.1, 0.15) is 291 Å². The van der Waals surface area contributed by atoms with Crippen molar-refractivity contribution < 1.29 is 28.6 Å². The highest BCUT2D eigenvalue weighted by Gasteiger charge is 2.19. The van der Waals surface area contributed by atoms with Crippen LogP contribution in [-0.4, -0.2) is 37.2 Å². The lowest BCUT2D eigenvalue weighted by Crippen LogP contribution is -2.30. The first kappa shape index (κ1) is 57.4. The van der Waals surface area contributed by atoms with Crippen LogP contribution in [-0.2, 0) is 28.6 Å². The Morgan fingerprint density at radius 1 is 0.356 bits per heavy atom. The predicted molar refractivity (Wildman–Crippen MR) is 252 cm³/mol. The Morgan fingerprint density at radius 3 is 0.966 bits per heavy atom. The van der Waals surface area contributed by atoms with Crippen molar-refractivity contribution in [3.63, 3.8) is 0 Å². The van der Waals surface area contributed by atoms with Gasteiger partial charge in [-0.25, -0.2) is 0 Å². The molecule has 0 aliphatic rings. The number of carbonyl (C=O) groups is 3. The van der Waals surface area contributed by atoms with E-state index < -0.39 is 6.10 Å². The summed E-state index contributed by atoms with van der Waals surface area (Å²) in [5.41, 5.74) is 0. The van der Waals surface area contributed by atoms with Crippen molar-refractivity contribution in [2.45, 2.75) is 298 Å². The SMILES string of the molecule is CCCCCCCCCCCCCC(=O)OC[C@@H](COC(=O)CCCCCCCCCCCCCCCCC(C)CC)OC(=O)CCCCCCCCCCCC(C)C. The summed E-state index contributed by atoms with van der Waals surface area (Å²) < 4.78 is 16.8. The van der Waals surface area contributed by atoms with E-state index in [2.05, 4.69) is 34.6 Å². The number of unbranched alkanes of at least 4 members (excludes halogenated alkanes) is 31. The summed E-state index contributed by atoms with van der Waals surface area (Å²) in [5.74, 6) is 0.853. The summed E-state index contributed by atoms with van der Waals surface area (Å²) in [6.07, 6.45) is 46.5. The second-order valence-corrected chi connectivity index (χ2v) is 18.9. The van der Waals surface area contributed by atoms with E-state index in [9.17, 15) is 14.4 Å². The maximum atomic E-state index is 12.8. The van der Waals surface area contributed by atoms with Crippen molar-refractivity contribution in [3.8, 4) is 0 Å². The average Bonchev–Trinajstić information content (AvgIpc) is 3.22. The second-order valence-electron chi connectivity index (χ2n) is 18.9. The molecule has 0 spiro atoms. The normalized spacial score (nSPS) is 12.5. The number of carbonyl (C=O) groups excluding carboxylic acids is 3. The Morgan fingerprint density at radius 2 is 0.644 bits per heavy atom.